The normalized spacial score (nSPS) is 17.4. The van der Waals surface area contributed by atoms with E-state index in [-0.39, 0.29) is 21.3 Å². The Labute approximate surface area is 216 Å². The predicted octanol–water partition coefficient (Wildman–Crippen LogP) is 6.49. The summed E-state index contributed by atoms with van der Waals surface area (Å²) < 4.78 is 44.5. The average molecular weight is 550 g/mol. The molecule has 0 saturated heterocycles. The first-order chi connectivity index (χ1) is 16.7. The van der Waals surface area contributed by atoms with Crippen LogP contribution in [0.15, 0.2) is 94.6 Å². The number of pyridine rings is 1. The van der Waals surface area contributed by atoms with E-state index in [1.807, 2.05) is 0 Å². The molecule has 0 unspecified atom stereocenters. The first kappa shape index (κ1) is 23.9. The van der Waals surface area contributed by atoms with Gasteiger partial charge in [-0.3, -0.25) is 9.36 Å². The van der Waals surface area contributed by atoms with Crippen molar-refractivity contribution >= 4 is 50.6 Å². The predicted molar refractivity (Wildman–Crippen MR) is 136 cm³/mol. The minimum Gasteiger partial charge on any atom is -0.284 e. The largest absolute Gasteiger partial charge is 0.284 e. The molecule has 5 rings (SSSR count). The molecule has 5 nitrogen and oxygen atoms in total. The number of halogens is 4. The van der Waals surface area contributed by atoms with E-state index < -0.39 is 27.9 Å². The fourth-order valence-corrected chi connectivity index (χ4v) is 6.79. The van der Waals surface area contributed by atoms with Crippen LogP contribution in [-0.4, -0.2) is 13.0 Å². The molecule has 1 aliphatic heterocycles. The zero-order valence-electron chi connectivity index (χ0n) is 17.8. The Bertz CT molecular complexity index is 1590. The molecule has 2 heterocycles. The van der Waals surface area contributed by atoms with E-state index in [0.717, 1.165) is 22.5 Å². The van der Waals surface area contributed by atoms with Gasteiger partial charge in [0.2, 0.25) is 0 Å². The first-order valence-electron chi connectivity index (χ1n) is 10.4. The van der Waals surface area contributed by atoms with Gasteiger partial charge in [0.1, 0.15) is 16.5 Å². The molecule has 4 aromatic rings. The maximum absolute atomic E-state index is 14.1. The molecule has 0 bridgehead atoms. The van der Waals surface area contributed by atoms with E-state index in [4.69, 9.17) is 34.8 Å². The van der Waals surface area contributed by atoms with Crippen LogP contribution >= 0.6 is 34.8 Å². The van der Waals surface area contributed by atoms with Gasteiger partial charge in [0.15, 0.2) is 0 Å². The van der Waals surface area contributed by atoms with Crippen LogP contribution in [-0.2, 0) is 10.0 Å². The Morgan fingerprint density at radius 3 is 1.89 bits per heavy atom. The van der Waals surface area contributed by atoms with Crippen LogP contribution in [0, 0.1) is 5.82 Å². The van der Waals surface area contributed by atoms with Crippen LogP contribution < -0.4 is 9.86 Å². The summed E-state index contributed by atoms with van der Waals surface area (Å²) in [5.74, 6) is -0.516. The minimum atomic E-state index is -4.36. The molecule has 178 valence electrons. The van der Waals surface area contributed by atoms with Crippen LogP contribution in [0.1, 0.15) is 23.2 Å². The van der Waals surface area contributed by atoms with Gasteiger partial charge < -0.3 is 0 Å². The van der Waals surface area contributed by atoms with Crippen LogP contribution in [0.4, 0.5) is 10.2 Å². The summed E-state index contributed by atoms with van der Waals surface area (Å²) >= 11 is 18.4. The van der Waals surface area contributed by atoms with Gasteiger partial charge in [0.05, 0.1) is 17.1 Å². The summed E-state index contributed by atoms with van der Waals surface area (Å²) in [6.07, 6.45) is 0. The molecular formula is C25H16Cl3FN2O3S. The van der Waals surface area contributed by atoms with Gasteiger partial charge in [-0.05, 0) is 59.7 Å². The summed E-state index contributed by atoms with van der Waals surface area (Å²) in [6, 6.07) is 19.5. The molecule has 0 aliphatic carbocycles. The lowest BCUT2D eigenvalue weighted by Crippen LogP contribution is -2.34. The number of anilines is 1. The van der Waals surface area contributed by atoms with E-state index in [1.165, 1.54) is 16.7 Å². The highest BCUT2D eigenvalue weighted by Crippen LogP contribution is 2.49. The van der Waals surface area contributed by atoms with Gasteiger partial charge in [-0.25, -0.2) is 17.1 Å². The van der Waals surface area contributed by atoms with Crippen LogP contribution in [0.5, 0.6) is 0 Å². The number of hydrogen-bond donors (Lipinski definition) is 0. The molecule has 3 aromatic carbocycles. The van der Waals surface area contributed by atoms with Gasteiger partial charge in [-0.15, -0.1) is 0 Å². The lowest BCUT2D eigenvalue weighted by molar-refractivity contribution is 0.529. The van der Waals surface area contributed by atoms with Gasteiger partial charge in [-0.1, -0.05) is 65.1 Å². The lowest BCUT2D eigenvalue weighted by Gasteiger charge is -2.29. The van der Waals surface area contributed by atoms with Gasteiger partial charge in [-0.2, -0.15) is 0 Å². The Morgan fingerprint density at radius 2 is 1.31 bits per heavy atom. The fraction of sp³-hybridized carbons (Fsp3) is 0.0800. The molecule has 0 amide bonds. The lowest BCUT2D eigenvalue weighted by atomic mass is 9.94. The molecule has 0 fully saturated rings. The highest BCUT2D eigenvalue weighted by molar-refractivity contribution is 7.93. The van der Waals surface area contributed by atoms with Crippen molar-refractivity contribution in [2.24, 2.45) is 0 Å². The maximum atomic E-state index is 14.1. The van der Waals surface area contributed by atoms with Crippen molar-refractivity contribution in [3.05, 3.63) is 127 Å². The number of rotatable bonds is 4. The first-order valence-corrected chi connectivity index (χ1v) is 13.0. The van der Waals surface area contributed by atoms with Crippen molar-refractivity contribution < 1.29 is 12.8 Å². The number of aromatic nitrogens is 1. The Morgan fingerprint density at radius 1 is 0.743 bits per heavy atom. The molecule has 0 spiro atoms. The van der Waals surface area contributed by atoms with Gasteiger partial charge in [0.25, 0.3) is 15.6 Å². The monoisotopic (exact) mass is 548 g/mol. The SMILES string of the molecule is O=c1cccc2n1[C@@H](c1ccc(Cl)cc1)[C@@H](c1ccc(Cl)cc1)N2S(=O)(=O)c1ccc(F)cc1Cl. The summed E-state index contributed by atoms with van der Waals surface area (Å²) in [6.45, 7) is 0. The number of sulfonamides is 1. The summed E-state index contributed by atoms with van der Waals surface area (Å²) in [5.41, 5.74) is 0.885. The molecular weight excluding hydrogens is 534 g/mol. The second kappa shape index (κ2) is 8.99. The van der Waals surface area contributed by atoms with Crippen molar-refractivity contribution in [1.82, 2.24) is 4.57 Å². The smallest absolute Gasteiger partial charge is 0.267 e. The standard InChI is InChI=1S/C25H16Cl3FN2O3S/c26-17-8-4-15(5-9-17)24-25(16-6-10-18(27)11-7-16)31(22-2-1-3-23(32)30(22)24)35(33,34)21-13-12-19(29)14-20(21)28/h1-14,24-25H/t24-,25+/m0/s1. The maximum Gasteiger partial charge on any atom is 0.267 e. The van der Waals surface area contributed by atoms with Crippen molar-refractivity contribution in [3.63, 3.8) is 0 Å². The molecule has 2 atom stereocenters. The van der Waals surface area contributed by atoms with E-state index in [2.05, 4.69) is 0 Å². The van der Waals surface area contributed by atoms with Crippen molar-refractivity contribution in [1.29, 1.82) is 0 Å². The van der Waals surface area contributed by atoms with E-state index in [0.29, 0.717) is 21.2 Å². The number of hydrogen-bond acceptors (Lipinski definition) is 3. The Balaban J connectivity index is 1.82. The van der Waals surface area contributed by atoms with Crippen molar-refractivity contribution in [2.75, 3.05) is 4.31 Å². The third-order valence-electron chi connectivity index (χ3n) is 5.88. The molecule has 0 N–H and O–H groups in total. The minimum absolute atomic E-state index is 0.151. The quantitative estimate of drug-likeness (QED) is 0.292. The number of nitrogens with zero attached hydrogens (tertiary/aromatic N) is 2. The summed E-state index contributed by atoms with van der Waals surface area (Å²) in [7, 11) is -4.36. The summed E-state index contributed by atoms with van der Waals surface area (Å²) in [4.78, 5) is 12.9. The zero-order valence-corrected chi connectivity index (χ0v) is 20.9. The summed E-state index contributed by atoms with van der Waals surface area (Å²) in [5, 5.41) is 0.707. The Hall–Kier alpha value is -2.84. The van der Waals surface area contributed by atoms with Crippen LogP contribution in [0.2, 0.25) is 15.1 Å². The third kappa shape index (κ3) is 4.12. The molecule has 1 aromatic heterocycles. The topological polar surface area (TPSA) is 59.4 Å². The molecule has 1 aliphatic rings. The van der Waals surface area contributed by atoms with Crippen molar-refractivity contribution in [3.8, 4) is 0 Å². The molecule has 10 heteroatoms. The average Bonchev–Trinajstić information content (AvgIpc) is 3.17. The van der Waals surface area contributed by atoms with Crippen molar-refractivity contribution in [2.45, 2.75) is 17.0 Å². The van der Waals surface area contributed by atoms with E-state index in [9.17, 15) is 17.6 Å². The second-order valence-electron chi connectivity index (χ2n) is 7.96. The zero-order chi connectivity index (χ0) is 24.9. The second-order valence-corrected chi connectivity index (χ2v) is 11.0. The molecule has 0 radical (unpaired) electrons. The van der Waals surface area contributed by atoms with E-state index >= 15 is 0 Å². The number of fused-ring (bicyclic) bond motifs is 1. The van der Waals surface area contributed by atoms with E-state index in [1.54, 1.807) is 54.6 Å². The molecule has 0 saturated carbocycles. The number of benzene rings is 3. The Kier molecular flexibility index (Phi) is 6.13. The highest BCUT2D eigenvalue weighted by Gasteiger charge is 2.47. The fourth-order valence-electron chi connectivity index (χ4n) is 4.39. The van der Waals surface area contributed by atoms with Crippen LogP contribution in [0.25, 0.3) is 0 Å². The van der Waals surface area contributed by atoms with Gasteiger partial charge >= 0.3 is 0 Å². The van der Waals surface area contributed by atoms with Crippen LogP contribution in [0.3, 0.4) is 0 Å². The third-order valence-corrected chi connectivity index (χ3v) is 8.65. The van der Waals surface area contributed by atoms with Gasteiger partial charge in [0, 0.05) is 16.1 Å². The highest BCUT2D eigenvalue weighted by atomic mass is 35.5. The molecule has 35 heavy (non-hydrogen) atoms.